The van der Waals surface area contributed by atoms with Crippen LogP contribution in [0, 0.1) is 19.7 Å². The topological polar surface area (TPSA) is 64.0 Å². The van der Waals surface area contributed by atoms with E-state index in [1.807, 2.05) is 68.4 Å². The van der Waals surface area contributed by atoms with Gasteiger partial charge in [0.1, 0.15) is 10.5 Å². The number of benzene rings is 3. The van der Waals surface area contributed by atoms with Gasteiger partial charge in [-0.2, -0.15) is 0 Å². The monoisotopic (exact) mass is 515 g/mol. The summed E-state index contributed by atoms with van der Waals surface area (Å²) >= 11 is 2.58. The molecular weight excluding hydrogens is 493 g/mol. The number of carbonyl (C=O) groups is 1. The van der Waals surface area contributed by atoms with Crippen LogP contribution in [0.1, 0.15) is 11.1 Å². The Morgan fingerprint density at radius 2 is 1.83 bits per heavy atom. The third-order valence-corrected chi connectivity index (χ3v) is 7.72. The summed E-state index contributed by atoms with van der Waals surface area (Å²) in [5, 5.41) is 3.12. The first-order valence-electron chi connectivity index (χ1n) is 11.3. The van der Waals surface area contributed by atoms with Crippen LogP contribution in [0.3, 0.4) is 0 Å². The van der Waals surface area contributed by atoms with Crippen molar-refractivity contribution < 1.29 is 9.18 Å². The summed E-state index contributed by atoms with van der Waals surface area (Å²) in [4.78, 5) is 32.2. The van der Waals surface area contributed by atoms with Gasteiger partial charge < -0.3 is 5.32 Å². The number of thiophene rings is 1. The summed E-state index contributed by atoms with van der Waals surface area (Å²) in [5.41, 5.74) is 4.49. The van der Waals surface area contributed by atoms with Gasteiger partial charge in [0.15, 0.2) is 5.16 Å². The summed E-state index contributed by atoms with van der Waals surface area (Å²) in [6, 6.07) is 23.4. The highest BCUT2D eigenvalue weighted by atomic mass is 32.2. The fraction of sp³-hybridized carbons (Fsp3) is 0.107. The first-order chi connectivity index (χ1) is 17.4. The van der Waals surface area contributed by atoms with E-state index in [9.17, 15) is 14.0 Å². The minimum Gasteiger partial charge on any atom is -0.325 e. The molecule has 0 bridgehead atoms. The van der Waals surface area contributed by atoms with Gasteiger partial charge in [-0.25, -0.2) is 9.37 Å². The summed E-state index contributed by atoms with van der Waals surface area (Å²) in [6.07, 6.45) is 0. The Hall–Kier alpha value is -3.75. The van der Waals surface area contributed by atoms with Crippen molar-refractivity contribution in [1.29, 1.82) is 0 Å². The minimum atomic E-state index is -0.428. The van der Waals surface area contributed by atoms with E-state index in [2.05, 4.69) is 5.32 Å². The summed E-state index contributed by atoms with van der Waals surface area (Å²) in [5.74, 6) is -0.736. The van der Waals surface area contributed by atoms with Gasteiger partial charge in [-0.05, 0) is 60.9 Å². The van der Waals surface area contributed by atoms with Crippen LogP contribution in [-0.2, 0) is 4.79 Å². The van der Waals surface area contributed by atoms with Gasteiger partial charge in [-0.15, -0.1) is 11.3 Å². The lowest BCUT2D eigenvalue weighted by atomic mass is 10.1. The molecule has 0 aliphatic carbocycles. The largest absolute Gasteiger partial charge is 0.325 e. The Kier molecular flexibility index (Phi) is 6.71. The average Bonchev–Trinajstić information content (AvgIpc) is 3.30. The maximum Gasteiger partial charge on any atom is 0.276 e. The highest BCUT2D eigenvalue weighted by Gasteiger charge is 2.19. The van der Waals surface area contributed by atoms with Crippen molar-refractivity contribution in [3.63, 3.8) is 0 Å². The predicted octanol–water partition coefficient (Wildman–Crippen LogP) is 6.60. The number of anilines is 1. The van der Waals surface area contributed by atoms with Crippen molar-refractivity contribution in [2.45, 2.75) is 19.0 Å². The van der Waals surface area contributed by atoms with Crippen molar-refractivity contribution >= 4 is 44.9 Å². The molecule has 0 aliphatic heterocycles. The van der Waals surface area contributed by atoms with Gasteiger partial charge in [-0.3, -0.25) is 14.2 Å². The highest BCUT2D eigenvalue weighted by molar-refractivity contribution is 7.99. The smallest absolute Gasteiger partial charge is 0.276 e. The number of nitrogens with one attached hydrogen (secondary N) is 1. The van der Waals surface area contributed by atoms with Crippen LogP contribution in [0.25, 0.3) is 26.3 Å². The van der Waals surface area contributed by atoms with E-state index in [1.54, 1.807) is 10.6 Å². The summed E-state index contributed by atoms with van der Waals surface area (Å²) in [7, 11) is 0. The Bertz CT molecular complexity index is 1640. The van der Waals surface area contributed by atoms with E-state index in [0.717, 1.165) is 27.3 Å². The van der Waals surface area contributed by atoms with Crippen molar-refractivity contribution in [2.24, 2.45) is 0 Å². The molecule has 0 fully saturated rings. The minimum absolute atomic E-state index is 0.00893. The lowest BCUT2D eigenvalue weighted by Gasteiger charge is -2.15. The third kappa shape index (κ3) is 4.96. The molecule has 36 heavy (non-hydrogen) atoms. The number of thioether (sulfide) groups is 1. The van der Waals surface area contributed by atoms with Crippen LogP contribution >= 0.6 is 23.1 Å². The number of halogens is 1. The molecule has 3 aromatic carbocycles. The molecule has 0 spiro atoms. The first-order valence-corrected chi connectivity index (χ1v) is 13.1. The van der Waals surface area contributed by atoms with Crippen molar-refractivity contribution in [1.82, 2.24) is 9.55 Å². The summed E-state index contributed by atoms with van der Waals surface area (Å²) < 4.78 is 15.6. The Morgan fingerprint density at radius 3 is 2.61 bits per heavy atom. The van der Waals surface area contributed by atoms with Crippen LogP contribution in [0.5, 0.6) is 0 Å². The van der Waals surface area contributed by atoms with E-state index in [-0.39, 0.29) is 17.2 Å². The normalized spacial score (nSPS) is 11.1. The number of rotatable bonds is 6. The molecule has 180 valence electrons. The van der Waals surface area contributed by atoms with Crippen molar-refractivity contribution in [2.75, 3.05) is 11.1 Å². The fourth-order valence-electron chi connectivity index (χ4n) is 3.87. The first kappa shape index (κ1) is 24.0. The number of amides is 1. The molecule has 1 amide bonds. The second-order valence-corrected chi connectivity index (χ2v) is 10.4. The predicted molar refractivity (Wildman–Crippen MR) is 146 cm³/mol. The van der Waals surface area contributed by atoms with Crippen LogP contribution in [-0.4, -0.2) is 21.2 Å². The molecular formula is C28H22FN3O2S2. The average molecular weight is 516 g/mol. The molecule has 1 N–H and O–H groups in total. The standard InChI is InChI=1S/C28H22FN3O2S2/c1-17-11-12-18(2)23(13-17)32-27(34)26-22(15-24(36-26)19-7-4-3-5-8-19)31-28(32)35-16-25(33)30-21-10-6-9-20(29)14-21/h3-15H,16H2,1-2H3,(H,30,33). The van der Waals surface area contributed by atoms with Gasteiger partial charge in [0, 0.05) is 10.6 Å². The molecule has 2 aromatic heterocycles. The van der Waals surface area contributed by atoms with Gasteiger partial charge in [-0.1, -0.05) is 60.3 Å². The summed E-state index contributed by atoms with van der Waals surface area (Å²) in [6.45, 7) is 3.91. The molecule has 0 unspecified atom stereocenters. The maximum absolute atomic E-state index is 13.8. The number of fused-ring (bicyclic) bond motifs is 1. The van der Waals surface area contributed by atoms with E-state index in [0.29, 0.717) is 21.1 Å². The fourth-order valence-corrected chi connectivity index (χ4v) is 5.70. The van der Waals surface area contributed by atoms with Gasteiger partial charge in [0.05, 0.1) is 17.0 Å². The molecule has 5 nitrogen and oxygen atoms in total. The molecule has 5 rings (SSSR count). The van der Waals surface area contributed by atoms with Gasteiger partial charge >= 0.3 is 0 Å². The third-order valence-electron chi connectivity index (χ3n) is 5.62. The van der Waals surface area contributed by atoms with Crippen LogP contribution in [0.15, 0.2) is 88.8 Å². The molecule has 0 radical (unpaired) electrons. The van der Waals surface area contributed by atoms with E-state index in [1.165, 1.54) is 41.3 Å². The zero-order valence-corrected chi connectivity index (χ0v) is 21.3. The van der Waals surface area contributed by atoms with Crippen LogP contribution < -0.4 is 10.9 Å². The molecule has 0 saturated heterocycles. The van der Waals surface area contributed by atoms with Crippen LogP contribution in [0.4, 0.5) is 10.1 Å². The van der Waals surface area contributed by atoms with E-state index >= 15 is 0 Å². The molecule has 0 atom stereocenters. The Labute approximate surface area is 215 Å². The molecule has 8 heteroatoms. The number of aryl methyl sites for hydroxylation is 2. The molecule has 5 aromatic rings. The Morgan fingerprint density at radius 1 is 1.03 bits per heavy atom. The maximum atomic E-state index is 13.8. The second-order valence-electron chi connectivity index (χ2n) is 8.36. The lowest BCUT2D eigenvalue weighted by molar-refractivity contribution is -0.113. The number of hydrogen-bond acceptors (Lipinski definition) is 5. The van der Waals surface area contributed by atoms with E-state index < -0.39 is 5.82 Å². The second kappa shape index (κ2) is 10.1. The number of carbonyl (C=O) groups excluding carboxylic acids is 1. The quantitative estimate of drug-likeness (QED) is 0.204. The number of hydrogen-bond donors (Lipinski definition) is 1. The lowest BCUT2D eigenvalue weighted by Crippen LogP contribution is -2.23. The molecule has 0 saturated carbocycles. The SMILES string of the molecule is Cc1ccc(C)c(-n2c(SCC(=O)Nc3cccc(F)c3)nc3cc(-c4ccccc4)sc3c2=O)c1. The zero-order valence-electron chi connectivity index (χ0n) is 19.6. The van der Waals surface area contributed by atoms with Gasteiger partial charge in [0.25, 0.3) is 5.56 Å². The van der Waals surface area contributed by atoms with E-state index in [4.69, 9.17) is 4.98 Å². The number of nitrogens with zero attached hydrogens (tertiary/aromatic N) is 2. The zero-order chi connectivity index (χ0) is 25.2. The van der Waals surface area contributed by atoms with Crippen molar-refractivity contribution in [3.05, 3.63) is 106 Å². The van der Waals surface area contributed by atoms with Gasteiger partial charge in [0.2, 0.25) is 5.91 Å². The molecule has 2 heterocycles. The van der Waals surface area contributed by atoms with Crippen molar-refractivity contribution in [3.8, 4) is 16.1 Å². The van der Waals surface area contributed by atoms with Crippen LogP contribution in [0.2, 0.25) is 0 Å². The number of aromatic nitrogens is 2. The Balaban J connectivity index is 1.56. The molecule has 0 aliphatic rings. The highest BCUT2D eigenvalue weighted by Crippen LogP contribution is 2.33.